The summed E-state index contributed by atoms with van der Waals surface area (Å²) >= 11 is 0. The van der Waals surface area contributed by atoms with Crippen molar-refractivity contribution in [3.63, 3.8) is 0 Å². The van der Waals surface area contributed by atoms with E-state index in [2.05, 4.69) is 26.3 Å². The third-order valence-corrected chi connectivity index (χ3v) is 4.27. The minimum atomic E-state index is 0.274. The third-order valence-electron chi connectivity index (χ3n) is 4.27. The predicted molar refractivity (Wildman–Crippen MR) is 90.0 cm³/mol. The van der Waals surface area contributed by atoms with Crippen molar-refractivity contribution in [2.24, 2.45) is 5.92 Å². The second-order valence-electron chi connectivity index (χ2n) is 6.31. The summed E-state index contributed by atoms with van der Waals surface area (Å²) in [5.41, 5.74) is 2.87. The van der Waals surface area contributed by atoms with Crippen molar-refractivity contribution in [2.45, 2.75) is 26.4 Å². The fourth-order valence-corrected chi connectivity index (χ4v) is 3.10. The maximum Gasteiger partial charge on any atom is 0.138 e. The van der Waals surface area contributed by atoms with Crippen molar-refractivity contribution in [2.75, 3.05) is 19.6 Å². The van der Waals surface area contributed by atoms with Crippen LogP contribution in [0.15, 0.2) is 36.7 Å². The molecule has 0 spiro atoms. The lowest BCUT2D eigenvalue weighted by Crippen LogP contribution is -2.30. The Morgan fingerprint density at radius 1 is 1.30 bits per heavy atom. The Hall–Kier alpha value is -1.98. The summed E-state index contributed by atoms with van der Waals surface area (Å²) < 4.78 is 0. The maximum atomic E-state index is 10.1. The van der Waals surface area contributed by atoms with Gasteiger partial charge in [-0.05, 0) is 56.1 Å². The van der Waals surface area contributed by atoms with Crippen LogP contribution in [0.4, 0.5) is 0 Å². The zero-order valence-corrected chi connectivity index (χ0v) is 13.6. The van der Waals surface area contributed by atoms with E-state index in [0.717, 1.165) is 37.6 Å². The van der Waals surface area contributed by atoms with Crippen LogP contribution in [0.25, 0.3) is 0 Å². The number of pyridine rings is 2. The quantitative estimate of drug-likeness (QED) is 0.855. The molecule has 5 heteroatoms. The van der Waals surface area contributed by atoms with Gasteiger partial charge >= 0.3 is 0 Å². The molecule has 23 heavy (non-hydrogen) atoms. The normalized spacial score (nSPS) is 17.7. The minimum absolute atomic E-state index is 0.274. The number of nitrogens with one attached hydrogen (secondary N) is 1. The van der Waals surface area contributed by atoms with E-state index in [1.165, 1.54) is 12.0 Å². The maximum absolute atomic E-state index is 10.1. The highest BCUT2D eigenvalue weighted by Gasteiger charge is 2.20. The molecule has 0 radical (unpaired) electrons. The molecule has 3 heterocycles. The van der Waals surface area contributed by atoms with Gasteiger partial charge in [0, 0.05) is 37.7 Å². The molecule has 122 valence electrons. The summed E-state index contributed by atoms with van der Waals surface area (Å²) in [5, 5.41) is 13.5. The molecule has 1 aliphatic heterocycles. The van der Waals surface area contributed by atoms with Crippen molar-refractivity contribution < 1.29 is 5.11 Å². The van der Waals surface area contributed by atoms with Crippen molar-refractivity contribution >= 4 is 0 Å². The van der Waals surface area contributed by atoms with E-state index in [1.807, 2.05) is 25.3 Å². The number of hydrogen-bond acceptors (Lipinski definition) is 5. The van der Waals surface area contributed by atoms with E-state index >= 15 is 0 Å². The van der Waals surface area contributed by atoms with E-state index in [0.29, 0.717) is 12.5 Å². The first-order chi connectivity index (χ1) is 11.2. The second-order valence-corrected chi connectivity index (χ2v) is 6.31. The average molecular weight is 312 g/mol. The highest BCUT2D eigenvalue weighted by atomic mass is 16.3. The molecule has 1 fully saturated rings. The summed E-state index contributed by atoms with van der Waals surface area (Å²) in [6.45, 7) is 6.58. The molecule has 2 aromatic rings. The number of hydrogen-bond donors (Lipinski definition) is 2. The van der Waals surface area contributed by atoms with Crippen molar-refractivity contribution in [1.29, 1.82) is 0 Å². The van der Waals surface area contributed by atoms with Gasteiger partial charge in [-0.2, -0.15) is 0 Å². The summed E-state index contributed by atoms with van der Waals surface area (Å²) in [6.07, 6.45) is 4.91. The van der Waals surface area contributed by atoms with Crippen molar-refractivity contribution in [3.8, 4) is 5.75 Å². The third kappa shape index (κ3) is 4.50. The minimum Gasteiger partial charge on any atom is -0.506 e. The highest BCUT2D eigenvalue weighted by Crippen LogP contribution is 2.20. The molecular formula is C18H24N4O. The highest BCUT2D eigenvalue weighted by molar-refractivity contribution is 5.27. The lowest BCUT2D eigenvalue weighted by atomic mass is 10.1. The Balaban J connectivity index is 1.74. The number of aryl methyl sites for hydroxylation is 1. The van der Waals surface area contributed by atoms with E-state index in [1.54, 1.807) is 12.3 Å². The Bertz CT molecular complexity index is 626. The standard InChI is InChI=1S/C18H24N4O/c1-14-4-5-18(23)17(21-14)13-22(12-16-6-8-20-10-16)11-15-3-2-7-19-9-15/h2-5,7,9,16,20,23H,6,8,10-13H2,1H3/t16-/m0/s1. The molecule has 0 aromatic carbocycles. The van der Waals surface area contributed by atoms with Crippen LogP contribution in [0, 0.1) is 12.8 Å². The molecule has 0 unspecified atom stereocenters. The molecule has 1 aliphatic rings. The number of aromatic hydroxyl groups is 1. The monoisotopic (exact) mass is 312 g/mol. The van der Waals surface area contributed by atoms with Crippen LogP contribution >= 0.6 is 0 Å². The van der Waals surface area contributed by atoms with Gasteiger partial charge in [0.1, 0.15) is 5.75 Å². The van der Waals surface area contributed by atoms with Crippen LogP contribution in [-0.2, 0) is 13.1 Å². The van der Waals surface area contributed by atoms with Gasteiger partial charge in [-0.1, -0.05) is 6.07 Å². The molecule has 3 rings (SSSR count). The summed E-state index contributed by atoms with van der Waals surface area (Å²) in [5.74, 6) is 0.926. The van der Waals surface area contributed by atoms with Crippen LogP contribution in [-0.4, -0.2) is 39.6 Å². The molecule has 0 aliphatic carbocycles. The molecule has 2 N–H and O–H groups in total. The Morgan fingerprint density at radius 3 is 2.96 bits per heavy atom. The fraction of sp³-hybridized carbons (Fsp3) is 0.444. The van der Waals surface area contributed by atoms with Crippen molar-refractivity contribution in [3.05, 3.63) is 53.6 Å². The van der Waals surface area contributed by atoms with Gasteiger partial charge in [0.05, 0.1) is 5.69 Å². The van der Waals surface area contributed by atoms with Gasteiger partial charge < -0.3 is 10.4 Å². The van der Waals surface area contributed by atoms with Crippen LogP contribution in [0.1, 0.15) is 23.4 Å². The molecule has 0 bridgehead atoms. The lowest BCUT2D eigenvalue weighted by molar-refractivity contribution is 0.215. The molecule has 1 atom stereocenters. The molecular weight excluding hydrogens is 288 g/mol. The van der Waals surface area contributed by atoms with Gasteiger partial charge in [-0.25, -0.2) is 0 Å². The SMILES string of the molecule is Cc1ccc(O)c(CN(Cc2cccnc2)C[C@H]2CCNC2)n1. The molecule has 0 amide bonds. The number of aromatic nitrogens is 2. The van der Waals surface area contributed by atoms with E-state index < -0.39 is 0 Å². The van der Waals surface area contributed by atoms with Crippen LogP contribution in [0.2, 0.25) is 0 Å². The van der Waals surface area contributed by atoms with Gasteiger partial charge in [0.25, 0.3) is 0 Å². The van der Waals surface area contributed by atoms with Gasteiger partial charge in [0.2, 0.25) is 0 Å². The molecule has 2 aromatic heterocycles. The van der Waals surface area contributed by atoms with Gasteiger partial charge in [-0.3, -0.25) is 14.9 Å². The van der Waals surface area contributed by atoms with Gasteiger partial charge in [-0.15, -0.1) is 0 Å². The lowest BCUT2D eigenvalue weighted by Gasteiger charge is -2.25. The largest absolute Gasteiger partial charge is 0.506 e. The molecule has 1 saturated heterocycles. The zero-order valence-electron chi connectivity index (χ0n) is 13.6. The summed E-state index contributed by atoms with van der Waals surface area (Å²) in [6, 6.07) is 7.63. The zero-order chi connectivity index (χ0) is 16.1. The Kier molecular flexibility index (Phi) is 5.20. The topological polar surface area (TPSA) is 61.3 Å². The van der Waals surface area contributed by atoms with Gasteiger partial charge in [0.15, 0.2) is 0 Å². The summed E-state index contributed by atoms with van der Waals surface area (Å²) in [4.78, 5) is 11.1. The van der Waals surface area contributed by atoms with E-state index in [9.17, 15) is 5.11 Å². The first-order valence-corrected chi connectivity index (χ1v) is 8.18. The van der Waals surface area contributed by atoms with Crippen LogP contribution in [0.3, 0.4) is 0 Å². The van der Waals surface area contributed by atoms with E-state index in [-0.39, 0.29) is 5.75 Å². The number of rotatable bonds is 6. The van der Waals surface area contributed by atoms with Crippen LogP contribution < -0.4 is 5.32 Å². The summed E-state index contributed by atoms with van der Waals surface area (Å²) in [7, 11) is 0. The Labute approximate surface area is 137 Å². The molecule has 0 saturated carbocycles. The second kappa shape index (κ2) is 7.53. The first-order valence-electron chi connectivity index (χ1n) is 8.18. The van der Waals surface area contributed by atoms with Crippen LogP contribution in [0.5, 0.6) is 5.75 Å². The average Bonchev–Trinajstić information content (AvgIpc) is 3.05. The predicted octanol–water partition coefficient (Wildman–Crippen LogP) is 2.10. The smallest absolute Gasteiger partial charge is 0.138 e. The van der Waals surface area contributed by atoms with E-state index in [4.69, 9.17) is 0 Å². The van der Waals surface area contributed by atoms with Crippen molar-refractivity contribution in [1.82, 2.24) is 20.2 Å². The molecule has 5 nitrogen and oxygen atoms in total. The number of nitrogens with zero attached hydrogens (tertiary/aromatic N) is 3. The fourth-order valence-electron chi connectivity index (χ4n) is 3.10. The Morgan fingerprint density at radius 2 is 2.22 bits per heavy atom. The first kappa shape index (κ1) is 15.9.